The topological polar surface area (TPSA) is 74.6 Å². The van der Waals surface area contributed by atoms with Gasteiger partial charge in [0.25, 0.3) is 0 Å². The summed E-state index contributed by atoms with van der Waals surface area (Å²) in [7, 11) is -4.67. The molecule has 0 aromatic heterocycles. The second-order valence-corrected chi connectivity index (χ2v) is 2.55. The summed E-state index contributed by atoms with van der Waals surface area (Å²) >= 11 is 0. The average molecular weight is 192 g/mol. The molecule has 6 heteroatoms. The summed E-state index contributed by atoms with van der Waals surface area (Å²) in [5.74, 6) is 0. The first kappa shape index (κ1) is 17.8. The maximum Gasteiger partial charge on any atom is 1.00 e. The molecular weight excluding hydrogens is 179 g/mol. The van der Waals surface area contributed by atoms with Crippen molar-refractivity contribution in [3.63, 3.8) is 0 Å². The van der Waals surface area contributed by atoms with Crippen LogP contribution in [0.5, 0.6) is 0 Å². The van der Waals surface area contributed by atoms with Gasteiger partial charge in [-0.3, -0.25) is 9.11 Å². The molecule has 4 nitrogen and oxygen atoms in total. The van der Waals surface area contributed by atoms with Gasteiger partial charge >= 0.3 is 40.0 Å². The molecule has 0 aliphatic heterocycles. The van der Waals surface area contributed by atoms with Gasteiger partial charge in [-0.2, -0.15) is 14.8 Å². The summed E-state index contributed by atoms with van der Waals surface area (Å²) in [5.41, 5.74) is 0. The van der Waals surface area contributed by atoms with E-state index in [-0.39, 0.29) is 29.6 Å². The van der Waals surface area contributed by atoms with E-state index in [1.807, 2.05) is 0 Å². The van der Waals surface area contributed by atoms with E-state index < -0.39 is 10.4 Å². The van der Waals surface area contributed by atoms with Crippen molar-refractivity contribution in [3.05, 3.63) is 6.92 Å². The van der Waals surface area contributed by atoms with Crippen LogP contribution in [0.1, 0.15) is 26.2 Å². The van der Waals surface area contributed by atoms with E-state index in [1.54, 1.807) is 0 Å². The SMILES string of the molecule is O=S(=O)(O)O.[CH2-]CCCC.[Na+]. The van der Waals surface area contributed by atoms with Gasteiger partial charge in [0.15, 0.2) is 0 Å². The van der Waals surface area contributed by atoms with Gasteiger partial charge in [-0.1, -0.05) is 19.8 Å². The summed E-state index contributed by atoms with van der Waals surface area (Å²) in [6.45, 7) is 5.85. The fraction of sp³-hybridized carbons (Fsp3) is 0.800. The molecule has 0 saturated carbocycles. The normalized spacial score (nSPS) is 9.09. The monoisotopic (exact) mass is 192 g/mol. The van der Waals surface area contributed by atoms with Crippen LogP contribution in [-0.4, -0.2) is 17.5 Å². The molecule has 0 aliphatic rings. The minimum atomic E-state index is -4.67. The zero-order valence-electron chi connectivity index (χ0n) is 6.95. The molecule has 11 heavy (non-hydrogen) atoms. The molecule has 64 valence electrons. The molecule has 2 N–H and O–H groups in total. The largest absolute Gasteiger partial charge is 1.00 e. The van der Waals surface area contributed by atoms with Gasteiger partial charge in [0.1, 0.15) is 0 Å². The molecule has 0 fully saturated rings. The fourth-order valence-corrected chi connectivity index (χ4v) is 0.250. The fourth-order valence-electron chi connectivity index (χ4n) is 0.250. The van der Waals surface area contributed by atoms with E-state index in [0.717, 1.165) is 6.42 Å². The molecule has 0 spiro atoms. The zero-order valence-corrected chi connectivity index (χ0v) is 9.76. The molecule has 0 bridgehead atoms. The third-order valence-electron chi connectivity index (χ3n) is 0.604. The van der Waals surface area contributed by atoms with Gasteiger partial charge in [-0.25, -0.2) is 0 Å². The van der Waals surface area contributed by atoms with E-state index in [4.69, 9.17) is 17.5 Å². The van der Waals surface area contributed by atoms with Crippen molar-refractivity contribution in [2.24, 2.45) is 0 Å². The quantitative estimate of drug-likeness (QED) is 0.313. The molecule has 0 atom stereocenters. The number of rotatable bonds is 2. The first-order chi connectivity index (χ1) is 4.41. The summed E-state index contributed by atoms with van der Waals surface area (Å²) in [6.07, 6.45) is 3.65. The van der Waals surface area contributed by atoms with Crippen molar-refractivity contribution in [1.82, 2.24) is 0 Å². The summed E-state index contributed by atoms with van der Waals surface area (Å²) < 4.78 is 31.6. The van der Waals surface area contributed by atoms with E-state index in [2.05, 4.69) is 13.8 Å². The predicted molar refractivity (Wildman–Crippen MR) is 39.1 cm³/mol. The van der Waals surface area contributed by atoms with Crippen molar-refractivity contribution in [2.45, 2.75) is 26.2 Å². The van der Waals surface area contributed by atoms with Crippen LogP contribution in [0, 0.1) is 6.92 Å². The van der Waals surface area contributed by atoms with Gasteiger partial charge in [-0.15, -0.1) is 0 Å². The van der Waals surface area contributed by atoms with Crippen LogP contribution in [0.4, 0.5) is 0 Å². The predicted octanol–water partition coefficient (Wildman–Crippen LogP) is -1.64. The van der Waals surface area contributed by atoms with Crippen LogP contribution in [-0.2, 0) is 10.4 Å². The van der Waals surface area contributed by atoms with Crippen molar-refractivity contribution >= 4 is 10.4 Å². The molecule has 0 aromatic carbocycles. The third-order valence-corrected chi connectivity index (χ3v) is 0.604. The molecule has 0 saturated heterocycles. The Morgan fingerprint density at radius 3 is 1.64 bits per heavy atom. The smallest absolute Gasteiger partial charge is 0.343 e. The number of hydrogen-bond acceptors (Lipinski definition) is 2. The first-order valence-corrected chi connectivity index (χ1v) is 4.30. The van der Waals surface area contributed by atoms with Crippen LogP contribution in [0.3, 0.4) is 0 Å². The van der Waals surface area contributed by atoms with Crippen molar-refractivity contribution in [1.29, 1.82) is 0 Å². The Hall–Kier alpha value is 0.870. The molecule has 0 amide bonds. The maximum absolute atomic E-state index is 8.74. The molecule has 0 unspecified atom stereocenters. The third kappa shape index (κ3) is 104. The van der Waals surface area contributed by atoms with Crippen molar-refractivity contribution < 1.29 is 47.1 Å². The minimum Gasteiger partial charge on any atom is -0.343 e. The second-order valence-electron chi connectivity index (χ2n) is 1.65. The standard InChI is InChI=1S/C5H11.Na.H2O4S/c1-3-5-4-2;;1-5(2,3)4/h1,3-5H2,2H3;;(H2,1,2,3,4)/q-1;+1;. The van der Waals surface area contributed by atoms with Crippen molar-refractivity contribution in [3.8, 4) is 0 Å². The molecule has 0 rings (SSSR count). The number of hydrogen-bond donors (Lipinski definition) is 2. The van der Waals surface area contributed by atoms with Gasteiger partial charge in [0, 0.05) is 0 Å². The van der Waals surface area contributed by atoms with E-state index in [0.29, 0.717) is 0 Å². The second kappa shape index (κ2) is 10.9. The van der Waals surface area contributed by atoms with Crippen LogP contribution in [0.15, 0.2) is 0 Å². The Morgan fingerprint density at radius 1 is 1.36 bits per heavy atom. The van der Waals surface area contributed by atoms with Gasteiger partial charge in [0.2, 0.25) is 0 Å². The van der Waals surface area contributed by atoms with Gasteiger partial charge < -0.3 is 6.92 Å². The van der Waals surface area contributed by atoms with E-state index in [1.165, 1.54) is 12.8 Å². The summed E-state index contributed by atoms with van der Waals surface area (Å²) in [6, 6.07) is 0. The van der Waals surface area contributed by atoms with Gasteiger partial charge in [0.05, 0.1) is 0 Å². The van der Waals surface area contributed by atoms with Gasteiger partial charge in [-0.05, 0) is 0 Å². The summed E-state index contributed by atoms with van der Waals surface area (Å²) in [5, 5.41) is 0. The minimum absolute atomic E-state index is 0. The molecule has 0 aromatic rings. The molecule has 0 radical (unpaired) electrons. The Morgan fingerprint density at radius 2 is 1.64 bits per heavy atom. The van der Waals surface area contributed by atoms with Crippen LogP contribution < -0.4 is 29.6 Å². The Bertz CT molecular complexity index is 133. The Kier molecular flexibility index (Phi) is 17.6. The molecule has 0 aliphatic carbocycles. The van der Waals surface area contributed by atoms with Crippen LogP contribution in [0.25, 0.3) is 0 Å². The van der Waals surface area contributed by atoms with Crippen LogP contribution >= 0.6 is 0 Å². The number of unbranched alkanes of at least 4 members (excludes halogenated alkanes) is 2. The van der Waals surface area contributed by atoms with Crippen molar-refractivity contribution in [2.75, 3.05) is 0 Å². The van der Waals surface area contributed by atoms with E-state index >= 15 is 0 Å². The Labute approximate surface area is 90.3 Å². The average Bonchev–Trinajstić information content (AvgIpc) is 1.63. The first-order valence-electron chi connectivity index (χ1n) is 2.91. The molecular formula is C5H13NaO4S. The summed E-state index contributed by atoms with van der Waals surface area (Å²) in [4.78, 5) is 0. The molecule has 0 heterocycles. The van der Waals surface area contributed by atoms with E-state index in [9.17, 15) is 0 Å². The maximum atomic E-state index is 8.74. The Balaban J connectivity index is -0.000000107. The zero-order chi connectivity index (χ0) is 8.62. The van der Waals surface area contributed by atoms with Crippen LogP contribution in [0.2, 0.25) is 0 Å².